The SMILES string of the molecule is COc1ccc(NC(=O)Cn2c3c(sc2=O)C(c2cccc(Cl)c2Cl)C2C(=O)N(c4ccccc4C(F)(F)F)C(=O)C2S3)cc1. The van der Waals surface area contributed by atoms with E-state index >= 15 is 0 Å². The summed E-state index contributed by atoms with van der Waals surface area (Å²) in [5.41, 5.74) is -0.964. The van der Waals surface area contributed by atoms with E-state index in [-0.39, 0.29) is 15.1 Å². The highest BCUT2D eigenvalue weighted by Crippen LogP contribution is 2.55. The first kappa shape index (κ1) is 31.2. The van der Waals surface area contributed by atoms with Crippen molar-refractivity contribution in [1.82, 2.24) is 4.57 Å². The van der Waals surface area contributed by atoms with Gasteiger partial charge in [-0.05, 0) is 48.0 Å². The van der Waals surface area contributed by atoms with Crippen LogP contribution in [0.3, 0.4) is 0 Å². The third-order valence-corrected chi connectivity index (χ3v) is 10.9. The van der Waals surface area contributed by atoms with Crippen LogP contribution in [0.2, 0.25) is 10.0 Å². The van der Waals surface area contributed by atoms with Gasteiger partial charge in [0.05, 0.1) is 39.3 Å². The highest BCUT2D eigenvalue weighted by Gasteiger charge is 2.58. The lowest BCUT2D eigenvalue weighted by atomic mass is 9.83. The molecule has 0 bridgehead atoms. The number of hydrogen-bond acceptors (Lipinski definition) is 7. The van der Waals surface area contributed by atoms with Crippen molar-refractivity contribution in [2.75, 3.05) is 17.3 Å². The summed E-state index contributed by atoms with van der Waals surface area (Å²) < 4.78 is 48.2. The van der Waals surface area contributed by atoms with Crippen molar-refractivity contribution in [1.29, 1.82) is 0 Å². The summed E-state index contributed by atoms with van der Waals surface area (Å²) >= 11 is 14.6. The molecule has 1 fully saturated rings. The zero-order valence-corrected chi connectivity index (χ0v) is 26.1. The molecule has 0 aliphatic carbocycles. The predicted molar refractivity (Wildman–Crippen MR) is 166 cm³/mol. The van der Waals surface area contributed by atoms with Gasteiger partial charge < -0.3 is 10.1 Å². The maximum atomic E-state index is 14.0. The monoisotopic (exact) mass is 693 g/mol. The standard InChI is InChI=1S/C30H20Cl2F3N3O5S2/c1-43-15-11-9-14(10-12-15)36-20(39)13-37-28-25(45-29(37)42)21(16-5-4-7-18(31)23(16)32)22-24(44-28)27(41)38(26(22)40)19-8-3-2-6-17(19)30(33,34)35/h2-12,21-22,24H,13H2,1H3,(H,36,39). The number of carbonyl (C=O) groups is 3. The number of aromatic nitrogens is 1. The number of amides is 3. The second-order valence-corrected chi connectivity index (χ2v) is 13.0. The maximum absolute atomic E-state index is 14.0. The fourth-order valence-corrected chi connectivity index (χ4v) is 8.70. The fraction of sp³-hybridized carbons (Fsp3) is 0.200. The summed E-state index contributed by atoms with van der Waals surface area (Å²) in [5.74, 6) is -3.95. The van der Waals surface area contributed by atoms with Crippen LogP contribution < -0.4 is 19.8 Å². The van der Waals surface area contributed by atoms with Gasteiger partial charge in [-0.15, -0.1) is 0 Å². The van der Waals surface area contributed by atoms with Crippen molar-refractivity contribution in [2.45, 2.75) is 28.9 Å². The molecule has 6 rings (SSSR count). The van der Waals surface area contributed by atoms with Crippen LogP contribution in [-0.4, -0.2) is 34.6 Å². The van der Waals surface area contributed by atoms with Gasteiger partial charge in [0.15, 0.2) is 0 Å². The molecule has 1 saturated heterocycles. The van der Waals surface area contributed by atoms with Crippen molar-refractivity contribution >= 4 is 75.4 Å². The van der Waals surface area contributed by atoms with Crippen LogP contribution in [0.15, 0.2) is 76.6 Å². The number of methoxy groups -OCH3 is 1. The summed E-state index contributed by atoms with van der Waals surface area (Å²) in [7, 11) is 1.50. The third-order valence-electron chi connectivity index (χ3n) is 7.49. The lowest BCUT2D eigenvalue weighted by molar-refractivity contribution is -0.137. The van der Waals surface area contributed by atoms with Gasteiger partial charge in [0, 0.05) is 16.5 Å². The number of thioether (sulfide) groups is 1. The number of halogens is 5. The van der Waals surface area contributed by atoms with Crippen molar-refractivity contribution in [3.05, 3.63) is 102 Å². The molecule has 1 aromatic heterocycles. The minimum atomic E-state index is -4.84. The molecule has 3 aromatic carbocycles. The van der Waals surface area contributed by atoms with Gasteiger partial charge in [-0.2, -0.15) is 13.2 Å². The number of imide groups is 1. The largest absolute Gasteiger partial charge is 0.497 e. The number of nitrogens with one attached hydrogen (secondary N) is 1. The van der Waals surface area contributed by atoms with E-state index in [0.717, 1.165) is 35.2 Å². The average molecular weight is 695 g/mol. The van der Waals surface area contributed by atoms with Crippen LogP contribution in [0.25, 0.3) is 0 Å². The lowest BCUT2D eigenvalue weighted by Gasteiger charge is -2.31. The van der Waals surface area contributed by atoms with E-state index in [9.17, 15) is 32.3 Å². The van der Waals surface area contributed by atoms with Gasteiger partial charge in [0.2, 0.25) is 17.7 Å². The Morgan fingerprint density at radius 2 is 1.69 bits per heavy atom. The Kier molecular flexibility index (Phi) is 8.23. The number of hydrogen-bond donors (Lipinski definition) is 1. The van der Waals surface area contributed by atoms with Gasteiger partial charge in [-0.25, -0.2) is 4.90 Å². The Morgan fingerprint density at radius 1 is 0.978 bits per heavy atom. The van der Waals surface area contributed by atoms with Gasteiger partial charge in [0.1, 0.15) is 17.5 Å². The van der Waals surface area contributed by atoms with E-state index in [1.54, 1.807) is 36.4 Å². The van der Waals surface area contributed by atoms with Gasteiger partial charge >= 0.3 is 11.0 Å². The van der Waals surface area contributed by atoms with Crippen LogP contribution >= 0.6 is 46.3 Å². The quantitative estimate of drug-likeness (QED) is 0.227. The zero-order valence-electron chi connectivity index (χ0n) is 22.9. The molecule has 3 unspecified atom stereocenters. The molecule has 2 aliphatic rings. The molecular weight excluding hydrogens is 674 g/mol. The van der Waals surface area contributed by atoms with Gasteiger partial charge in [0.25, 0.3) is 0 Å². The smallest absolute Gasteiger partial charge is 0.418 e. The van der Waals surface area contributed by atoms with Crippen LogP contribution in [0, 0.1) is 5.92 Å². The van der Waals surface area contributed by atoms with E-state index in [0.29, 0.717) is 26.8 Å². The molecule has 3 heterocycles. The second-order valence-electron chi connectivity index (χ2n) is 10.1. The Labute approximate surface area is 271 Å². The predicted octanol–water partition coefficient (Wildman–Crippen LogP) is 6.68. The molecule has 3 atom stereocenters. The summed E-state index contributed by atoms with van der Waals surface area (Å²) in [6.07, 6.45) is -4.84. The first-order valence-electron chi connectivity index (χ1n) is 13.2. The minimum absolute atomic E-state index is 0.0693. The van der Waals surface area contributed by atoms with Crippen LogP contribution in [0.4, 0.5) is 24.5 Å². The second kappa shape index (κ2) is 11.9. The van der Waals surface area contributed by atoms with E-state index in [1.165, 1.54) is 29.9 Å². The molecule has 0 spiro atoms. The first-order valence-corrected chi connectivity index (χ1v) is 15.7. The normalized spacial score (nSPS) is 19.3. The molecule has 0 radical (unpaired) electrons. The highest BCUT2D eigenvalue weighted by molar-refractivity contribution is 8.00. The van der Waals surface area contributed by atoms with Crippen LogP contribution in [0.1, 0.15) is 21.9 Å². The van der Waals surface area contributed by atoms with E-state index < -0.39 is 63.7 Å². The summed E-state index contributed by atoms with van der Waals surface area (Å²) in [5, 5.41) is 1.93. The number of thiazole rings is 1. The van der Waals surface area contributed by atoms with Crippen molar-refractivity contribution < 1.29 is 32.3 Å². The number of nitrogens with zero attached hydrogens (tertiary/aromatic N) is 2. The Bertz CT molecular complexity index is 1910. The molecule has 1 N–H and O–H groups in total. The molecule has 3 amide bonds. The molecule has 15 heteroatoms. The van der Waals surface area contributed by atoms with Crippen LogP contribution in [-0.2, 0) is 27.1 Å². The van der Waals surface area contributed by atoms with E-state index in [1.807, 2.05) is 0 Å². The lowest BCUT2D eigenvalue weighted by Crippen LogP contribution is -2.33. The highest BCUT2D eigenvalue weighted by atomic mass is 35.5. The molecule has 0 saturated carbocycles. The summed E-state index contributed by atoms with van der Waals surface area (Å²) in [6.45, 7) is -0.431. The molecule has 2 aliphatic heterocycles. The third kappa shape index (κ3) is 5.51. The Hall–Kier alpha value is -3.78. The van der Waals surface area contributed by atoms with E-state index in [4.69, 9.17) is 27.9 Å². The number of para-hydroxylation sites is 1. The number of fused-ring (bicyclic) bond motifs is 2. The maximum Gasteiger partial charge on any atom is 0.418 e. The Morgan fingerprint density at radius 3 is 2.38 bits per heavy atom. The van der Waals surface area contributed by atoms with Crippen molar-refractivity contribution in [3.63, 3.8) is 0 Å². The van der Waals surface area contributed by atoms with E-state index in [2.05, 4.69) is 5.32 Å². The number of carbonyl (C=O) groups excluding carboxylic acids is 3. The number of rotatable bonds is 6. The van der Waals surface area contributed by atoms with Crippen LogP contribution in [0.5, 0.6) is 5.75 Å². The van der Waals surface area contributed by atoms with Crippen molar-refractivity contribution in [3.8, 4) is 5.75 Å². The Balaban J connectivity index is 1.44. The molecule has 8 nitrogen and oxygen atoms in total. The summed E-state index contributed by atoms with van der Waals surface area (Å²) in [4.78, 5) is 54.7. The summed E-state index contributed by atoms with van der Waals surface area (Å²) in [6, 6.07) is 15.6. The molecule has 232 valence electrons. The number of anilines is 2. The first-order chi connectivity index (χ1) is 21.4. The fourth-order valence-electron chi connectivity index (χ4n) is 5.52. The average Bonchev–Trinajstić information content (AvgIpc) is 3.44. The zero-order chi connectivity index (χ0) is 32.2. The minimum Gasteiger partial charge on any atom is -0.497 e. The number of benzene rings is 3. The number of alkyl halides is 3. The topological polar surface area (TPSA) is 97.7 Å². The molecule has 4 aromatic rings. The number of ether oxygens (including phenoxy) is 1. The van der Waals surface area contributed by atoms with Crippen molar-refractivity contribution in [2.24, 2.45) is 5.92 Å². The molecular formula is C30H20Cl2F3N3O5S2. The van der Waals surface area contributed by atoms with Gasteiger partial charge in [-0.3, -0.25) is 23.7 Å². The van der Waals surface area contributed by atoms with Gasteiger partial charge in [-0.1, -0.05) is 70.6 Å². The molecule has 45 heavy (non-hydrogen) atoms.